The summed E-state index contributed by atoms with van der Waals surface area (Å²) >= 11 is 24.8. The fraction of sp³-hybridized carbons (Fsp3) is 0.130. The van der Waals surface area contributed by atoms with Gasteiger partial charge in [-0.25, -0.2) is 4.79 Å². The van der Waals surface area contributed by atoms with Crippen molar-refractivity contribution in [3.63, 3.8) is 0 Å². The van der Waals surface area contributed by atoms with E-state index in [1.54, 1.807) is 57.2 Å². The zero-order valence-electron chi connectivity index (χ0n) is 17.3. The molecule has 3 amide bonds. The number of halogens is 4. The van der Waals surface area contributed by atoms with Gasteiger partial charge in [0.1, 0.15) is 11.5 Å². The molecule has 5 nitrogen and oxygen atoms in total. The number of hydrogen-bond acceptors (Lipinski definition) is 3. The monoisotopic (exact) mass is 510 g/mol. The van der Waals surface area contributed by atoms with Gasteiger partial charge in [-0.3, -0.25) is 10.1 Å². The number of nitrogens with one attached hydrogen (secondary N) is 2. The number of urea groups is 1. The Hall–Kier alpha value is -2.44. The molecule has 0 aliphatic carbocycles. The maximum atomic E-state index is 12.4. The van der Waals surface area contributed by atoms with E-state index < -0.39 is 11.9 Å². The zero-order valence-corrected chi connectivity index (χ0v) is 20.3. The summed E-state index contributed by atoms with van der Waals surface area (Å²) in [5, 5.41) is 6.21. The third-order valence-electron chi connectivity index (χ3n) is 4.75. The van der Waals surface area contributed by atoms with Crippen LogP contribution in [0.5, 0.6) is 11.5 Å². The Labute approximate surface area is 205 Å². The molecule has 3 aromatic carbocycles. The van der Waals surface area contributed by atoms with Crippen molar-refractivity contribution in [3.05, 3.63) is 84.8 Å². The molecule has 0 fully saturated rings. The molecule has 0 bridgehead atoms. The molecule has 32 heavy (non-hydrogen) atoms. The molecule has 0 saturated carbocycles. The van der Waals surface area contributed by atoms with E-state index in [1.807, 2.05) is 0 Å². The molecule has 0 saturated heterocycles. The van der Waals surface area contributed by atoms with E-state index in [4.69, 9.17) is 51.1 Å². The summed E-state index contributed by atoms with van der Waals surface area (Å²) in [5.41, 5.74) is 2.45. The van der Waals surface area contributed by atoms with Gasteiger partial charge in [-0.05, 0) is 56.7 Å². The third kappa shape index (κ3) is 5.13. The van der Waals surface area contributed by atoms with Crippen molar-refractivity contribution in [1.29, 1.82) is 0 Å². The van der Waals surface area contributed by atoms with Crippen molar-refractivity contribution in [2.45, 2.75) is 20.8 Å². The Morgan fingerprint density at radius 3 is 2.16 bits per heavy atom. The summed E-state index contributed by atoms with van der Waals surface area (Å²) < 4.78 is 6.01. The number of ether oxygens (including phenoxy) is 1. The predicted molar refractivity (Wildman–Crippen MR) is 130 cm³/mol. The standard InChI is InChI=1S/C23H18Cl4N2O3/c1-11-10-18(32-17-9-8-16(25)19(26)12(17)2)13(3)20(27)21(11)28-23(31)29-22(30)14-6-4-5-7-15(14)24/h4-10H,1-3H3,(H2,28,29,30,31). The second-order valence-electron chi connectivity index (χ2n) is 6.98. The van der Waals surface area contributed by atoms with Crippen LogP contribution in [0, 0.1) is 20.8 Å². The minimum atomic E-state index is -0.742. The molecule has 3 rings (SSSR count). The molecular formula is C23H18Cl4N2O3. The minimum Gasteiger partial charge on any atom is -0.457 e. The second-order valence-corrected chi connectivity index (χ2v) is 8.55. The number of imide groups is 1. The average Bonchev–Trinajstić information content (AvgIpc) is 2.75. The normalized spacial score (nSPS) is 10.6. The largest absolute Gasteiger partial charge is 0.457 e. The summed E-state index contributed by atoms with van der Waals surface area (Å²) in [5.74, 6) is 0.391. The first-order valence-corrected chi connectivity index (χ1v) is 10.9. The highest BCUT2D eigenvalue weighted by atomic mass is 35.5. The van der Waals surface area contributed by atoms with Crippen LogP contribution in [-0.4, -0.2) is 11.9 Å². The van der Waals surface area contributed by atoms with Gasteiger partial charge in [0, 0.05) is 11.1 Å². The smallest absolute Gasteiger partial charge is 0.326 e. The van der Waals surface area contributed by atoms with Crippen LogP contribution in [0.3, 0.4) is 0 Å². The van der Waals surface area contributed by atoms with Crippen LogP contribution in [0.1, 0.15) is 27.0 Å². The number of amides is 3. The van der Waals surface area contributed by atoms with E-state index in [2.05, 4.69) is 10.6 Å². The Morgan fingerprint density at radius 2 is 1.47 bits per heavy atom. The second kappa shape index (κ2) is 10.0. The number of anilines is 1. The van der Waals surface area contributed by atoms with E-state index in [9.17, 15) is 9.59 Å². The summed E-state index contributed by atoms with van der Waals surface area (Å²) in [6, 6.07) is 10.8. The fourth-order valence-electron chi connectivity index (χ4n) is 2.93. The molecule has 0 aliphatic rings. The van der Waals surface area contributed by atoms with Crippen LogP contribution in [0.2, 0.25) is 20.1 Å². The quantitative estimate of drug-likeness (QED) is 0.373. The molecule has 0 unspecified atom stereocenters. The van der Waals surface area contributed by atoms with Crippen molar-refractivity contribution in [1.82, 2.24) is 5.32 Å². The Bertz CT molecular complexity index is 1230. The van der Waals surface area contributed by atoms with Crippen LogP contribution < -0.4 is 15.4 Å². The lowest BCUT2D eigenvalue weighted by molar-refractivity contribution is 0.0967. The van der Waals surface area contributed by atoms with E-state index in [-0.39, 0.29) is 15.6 Å². The molecule has 3 aromatic rings. The number of carbonyl (C=O) groups is 2. The van der Waals surface area contributed by atoms with E-state index in [1.165, 1.54) is 6.07 Å². The first-order valence-electron chi connectivity index (χ1n) is 9.39. The highest BCUT2D eigenvalue weighted by Crippen LogP contribution is 2.40. The fourth-order valence-corrected chi connectivity index (χ4v) is 3.80. The molecular weight excluding hydrogens is 494 g/mol. The SMILES string of the molecule is Cc1cc(Oc2ccc(Cl)c(Cl)c2C)c(C)c(Cl)c1NC(=O)NC(=O)c1ccccc1Cl. The number of carbonyl (C=O) groups excluding carboxylic acids is 2. The van der Waals surface area contributed by atoms with Gasteiger partial charge in [-0.15, -0.1) is 0 Å². The van der Waals surface area contributed by atoms with Gasteiger partial charge in [0.2, 0.25) is 0 Å². The van der Waals surface area contributed by atoms with Crippen LogP contribution in [0.25, 0.3) is 0 Å². The van der Waals surface area contributed by atoms with Gasteiger partial charge in [0.15, 0.2) is 0 Å². The van der Waals surface area contributed by atoms with Gasteiger partial charge >= 0.3 is 6.03 Å². The molecule has 0 radical (unpaired) electrons. The molecule has 0 aromatic heterocycles. The Morgan fingerprint density at radius 1 is 0.812 bits per heavy atom. The zero-order chi connectivity index (χ0) is 23.6. The molecule has 0 atom stereocenters. The highest BCUT2D eigenvalue weighted by molar-refractivity contribution is 6.42. The Balaban J connectivity index is 1.81. The topological polar surface area (TPSA) is 67.4 Å². The van der Waals surface area contributed by atoms with Crippen molar-refractivity contribution >= 4 is 64.0 Å². The number of aryl methyl sites for hydroxylation is 1. The summed E-state index contributed by atoms with van der Waals surface area (Å²) in [7, 11) is 0. The number of hydrogen-bond donors (Lipinski definition) is 2. The minimum absolute atomic E-state index is 0.184. The summed E-state index contributed by atoms with van der Waals surface area (Å²) in [6.45, 7) is 5.30. The number of benzene rings is 3. The first-order chi connectivity index (χ1) is 15.1. The van der Waals surface area contributed by atoms with Crippen LogP contribution in [-0.2, 0) is 0 Å². The summed E-state index contributed by atoms with van der Waals surface area (Å²) in [6.07, 6.45) is 0. The molecule has 166 valence electrons. The van der Waals surface area contributed by atoms with E-state index in [0.29, 0.717) is 43.9 Å². The van der Waals surface area contributed by atoms with Crippen molar-refractivity contribution < 1.29 is 14.3 Å². The third-order valence-corrected chi connectivity index (χ3v) is 6.45. The first kappa shape index (κ1) is 24.2. The lowest BCUT2D eigenvalue weighted by Gasteiger charge is -2.18. The van der Waals surface area contributed by atoms with Gasteiger partial charge in [-0.2, -0.15) is 0 Å². The predicted octanol–water partition coefficient (Wildman–Crippen LogP) is 7.98. The van der Waals surface area contributed by atoms with Crippen LogP contribution in [0.4, 0.5) is 10.5 Å². The summed E-state index contributed by atoms with van der Waals surface area (Å²) in [4.78, 5) is 24.7. The van der Waals surface area contributed by atoms with Gasteiger partial charge in [0.05, 0.1) is 31.3 Å². The van der Waals surface area contributed by atoms with Gasteiger partial charge in [0.25, 0.3) is 5.91 Å². The van der Waals surface area contributed by atoms with Crippen molar-refractivity contribution in [2.75, 3.05) is 5.32 Å². The van der Waals surface area contributed by atoms with Crippen LogP contribution in [0.15, 0.2) is 42.5 Å². The molecule has 0 heterocycles. The van der Waals surface area contributed by atoms with Crippen molar-refractivity contribution in [2.24, 2.45) is 0 Å². The van der Waals surface area contributed by atoms with E-state index >= 15 is 0 Å². The molecule has 9 heteroatoms. The molecule has 2 N–H and O–H groups in total. The lowest BCUT2D eigenvalue weighted by atomic mass is 10.1. The molecule has 0 aliphatic heterocycles. The molecule has 0 spiro atoms. The Kier molecular flexibility index (Phi) is 7.57. The van der Waals surface area contributed by atoms with E-state index in [0.717, 1.165) is 0 Å². The average molecular weight is 512 g/mol. The maximum Gasteiger partial charge on any atom is 0.326 e. The lowest BCUT2D eigenvalue weighted by Crippen LogP contribution is -2.34. The van der Waals surface area contributed by atoms with Crippen molar-refractivity contribution in [3.8, 4) is 11.5 Å². The van der Waals surface area contributed by atoms with Gasteiger partial charge in [-0.1, -0.05) is 58.5 Å². The highest BCUT2D eigenvalue weighted by Gasteiger charge is 2.19. The van der Waals surface area contributed by atoms with Crippen LogP contribution >= 0.6 is 46.4 Å². The number of rotatable bonds is 4. The van der Waals surface area contributed by atoms with Gasteiger partial charge < -0.3 is 10.1 Å². The maximum absolute atomic E-state index is 12.4.